The number of nitrogens with two attached hydrogens (primary N) is 1. The molecule has 4 aromatic rings. The number of carbonyl (C=O) groups excluding carboxylic acids is 1. The second kappa shape index (κ2) is 10.6. The van der Waals surface area contributed by atoms with Gasteiger partial charge >= 0.3 is 0 Å². The summed E-state index contributed by atoms with van der Waals surface area (Å²) in [5, 5.41) is 17.9. The molecule has 1 amide bonds. The maximum atomic E-state index is 15.4. The molecule has 11 heteroatoms. The molecule has 202 valence electrons. The van der Waals surface area contributed by atoms with E-state index in [1.165, 1.54) is 18.6 Å². The molecule has 6 rings (SSSR count). The Balaban J connectivity index is 1.29. The van der Waals surface area contributed by atoms with Gasteiger partial charge in [-0.05, 0) is 49.9 Å². The molecule has 1 aliphatic heterocycles. The number of nitrogens with one attached hydrogen (secondary N) is 1. The zero-order chi connectivity index (χ0) is 27.6. The molecule has 2 aliphatic rings. The van der Waals surface area contributed by atoms with Crippen molar-refractivity contribution in [3.05, 3.63) is 72.4 Å². The number of carbonyl (C=O) groups is 1. The first-order chi connectivity index (χ1) is 19.5. The van der Waals surface area contributed by atoms with E-state index in [9.17, 15) is 10.1 Å². The van der Waals surface area contributed by atoms with Gasteiger partial charge in [-0.15, -0.1) is 0 Å². The number of rotatable bonds is 8. The summed E-state index contributed by atoms with van der Waals surface area (Å²) < 4.78 is 22.8. The van der Waals surface area contributed by atoms with E-state index in [1.54, 1.807) is 33.8 Å². The van der Waals surface area contributed by atoms with Crippen molar-refractivity contribution in [3.63, 3.8) is 0 Å². The van der Waals surface area contributed by atoms with E-state index in [1.807, 2.05) is 24.3 Å². The molecule has 2 aromatic carbocycles. The van der Waals surface area contributed by atoms with Gasteiger partial charge in [0.1, 0.15) is 46.8 Å². The highest BCUT2D eigenvalue weighted by molar-refractivity contribution is 5.99. The number of hydrogen-bond donors (Lipinski definition) is 2. The number of benzene rings is 2. The predicted octanol–water partition coefficient (Wildman–Crippen LogP) is 4.16. The highest BCUT2D eigenvalue weighted by atomic mass is 19.1. The predicted molar refractivity (Wildman–Crippen MR) is 146 cm³/mol. The Morgan fingerprint density at radius 3 is 2.75 bits per heavy atom. The van der Waals surface area contributed by atoms with E-state index in [0.29, 0.717) is 47.4 Å². The van der Waals surface area contributed by atoms with Crippen molar-refractivity contribution in [2.45, 2.75) is 44.3 Å². The van der Waals surface area contributed by atoms with Crippen molar-refractivity contribution in [2.75, 3.05) is 12.3 Å². The van der Waals surface area contributed by atoms with Gasteiger partial charge in [0.25, 0.3) is 5.91 Å². The average Bonchev–Trinajstić information content (AvgIpc) is 3.55. The van der Waals surface area contributed by atoms with Crippen LogP contribution in [0.3, 0.4) is 0 Å². The maximum Gasteiger partial charge on any atom is 0.266 e. The van der Waals surface area contributed by atoms with Crippen LogP contribution in [0.25, 0.3) is 22.3 Å². The summed E-state index contributed by atoms with van der Waals surface area (Å²) in [4.78, 5) is 23.4. The van der Waals surface area contributed by atoms with Gasteiger partial charge in [-0.25, -0.2) is 19.0 Å². The van der Waals surface area contributed by atoms with Gasteiger partial charge in [-0.1, -0.05) is 18.2 Å². The number of nitrogen functional groups attached to an aromatic ring is 1. The number of hydrogen-bond acceptors (Lipinski definition) is 8. The monoisotopic (exact) mass is 538 g/mol. The fraction of sp³-hybridized carbons (Fsp3) is 0.276. The normalized spacial score (nSPS) is 17.1. The molecule has 0 spiro atoms. The Morgan fingerprint density at radius 2 is 2.00 bits per heavy atom. The zero-order valence-corrected chi connectivity index (χ0v) is 21.6. The van der Waals surface area contributed by atoms with Crippen LogP contribution in [0.1, 0.15) is 25.7 Å². The molecule has 1 aliphatic carbocycles. The lowest BCUT2D eigenvalue weighted by Crippen LogP contribution is -2.39. The van der Waals surface area contributed by atoms with E-state index < -0.39 is 5.82 Å². The Morgan fingerprint density at radius 1 is 1.18 bits per heavy atom. The number of nitrogens with zero attached hydrogens (tertiary/aromatic N) is 6. The quantitative estimate of drug-likeness (QED) is 0.252. The van der Waals surface area contributed by atoms with E-state index >= 15 is 4.39 Å². The van der Waals surface area contributed by atoms with Gasteiger partial charge in [0, 0.05) is 30.4 Å². The Labute approximate surface area is 229 Å². The standard InChI is InChI=1S/C29H27FN8O2/c30-24-13-22(40-21-6-2-1-3-7-21)10-11-23(24)26-25-27(32)34-17-35-28(25)38(36-26)16-20-5-4-12-37(20)29(39)18(14-31)15-33-19-8-9-19/h1-3,6-7,10-11,13,15,17,19-20,33H,4-5,8-9,12,16H2,(H2,32,34,35)/b18-15-/t20-/m1/s1. The minimum absolute atomic E-state index is 0.0799. The molecule has 1 saturated carbocycles. The molecule has 40 heavy (non-hydrogen) atoms. The van der Waals surface area contributed by atoms with Crippen molar-refractivity contribution in [1.29, 1.82) is 5.26 Å². The van der Waals surface area contributed by atoms with Crippen molar-refractivity contribution in [1.82, 2.24) is 30.0 Å². The number of anilines is 1. The van der Waals surface area contributed by atoms with Crippen LogP contribution < -0.4 is 15.8 Å². The van der Waals surface area contributed by atoms with Crippen LogP contribution >= 0.6 is 0 Å². The highest BCUT2D eigenvalue weighted by Gasteiger charge is 2.33. The minimum Gasteiger partial charge on any atom is -0.457 e. The fourth-order valence-electron chi connectivity index (χ4n) is 4.96. The van der Waals surface area contributed by atoms with Crippen molar-refractivity contribution in [2.24, 2.45) is 0 Å². The minimum atomic E-state index is -0.534. The summed E-state index contributed by atoms with van der Waals surface area (Å²) in [6.07, 6.45) is 6.48. The first-order valence-corrected chi connectivity index (χ1v) is 13.2. The number of amides is 1. The first-order valence-electron chi connectivity index (χ1n) is 13.2. The molecule has 3 heterocycles. The molecule has 0 radical (unpaired) electrons. The Hall–Kier alpha value is -4.98. The van der Waals surface area contributed by atoms with Crippen LogP contribution in [0.5, 0.6) is 11.5 Å². The molecule has 1 atom stereocenters. The van der Waals surface area contributed by atoms with Gasteiger partial charge in [-0.3, -0.25) is 4.79 Å². The number of likely N-dealkylation sites (tertiary alicyclic amines) is 1. The third-order valence-electron chi connectivity index (χ3n) is 7.15. The number of para-hydroxylation sites is 1. The summed E-state index contributed by atoms with van der Waals surface area (Å²) in [5.41, 5.74) is 7.28. The van der Waals surface area contributed by atoms with Gasteiger partial charge < -0.3 is 20.7 Å². The van der Waals surface area contributed by atoms with Crippen LogP contribution in [0.2, 0.25) is 0 Å². The lowest BCUT2D eigenvalue weighted by molar-refractivity contribution is -0.127. The summed E-state index contributed by atoms with van der Waals surface area (Å²) >= 11 is 0. The van der Waals surface area contributed by atoms with Crippen LogP contribution in [0, 0.1) is 17.1 Å². The Kier molecular flexibility index (Phi) is 6.74. The molecular formula is C29H27FN8O2. The summed E-state index contributed by atoms with van der Waals surface area (Å²) in [5.74, 6) is 0.265. The lowest BCUT2D eigenvalue weighted by atomic mass is 10.1. The molecular weight excluding hydrogens is 511 g/mol. The summed E-state index contributed by atoms with van der Waals surface area (Å²) in [6, 6.07) is 15.8. The number of ether oxygens (including phenoxy) is 1. The number of nitriles is 1. The van der Waals surface area contributed by atoms with Crippen LogP contribution in [-0.4, -0.2) is 49.2 Å². The van der Waals surface area contributed by atoms with E-state index in [-0.39, 0.29) is 28.9 Å². The smallest absolute Gasteiger partial charge is 0.266 e. The summed E-state index contributed by atoms with van der Waals surface area (Å²) in [6.45, 7) is 0.844. The van der Waals surface area contributed by atoms with E-state index in [4.69, 9.17) is 15.6 Å². The SMILES string of the molecule is N#C/C(=C/NC1CC1)C(=O)N1CCC[C@@H]1Cn1nc(-c2ccc(Oc3ccccc3)cc2F)c2c(N)ncnc21. The zero-order valence-electron chi connectivity index (χ0n) is 21.6. The Bertz CT molecular complexity index is 1640. The second-order valence-corrected chi connectivity index (χ2v) is 9.95. The fourth-order valence-corrected chi connectivity index (χ4v) is 4.96. The molecule has 0 unspecified atom stereocenters. The first kappa shape index (κ1) is 25.3. The van der Waals surface area contributed by atoms with Crippen LogP contribution in [0.15, 0.2) is 66.6 Å². The largest absolute Gasteiger partial charge is 0.457 e. The molecule has 10 nitrogen and oxygen atoms in total. The van der Waals surface area contributed by atoms with E-state index in [0.717, 1.165) is 25.7 Å². The molecule has 0 bridgehead atoms. The number of fused-ring (bicyclic) bond motifs is 1. The second-order valence-electron chi connectivity index (χ2n) is 9.95. The van der Waals surface area contributed by atoms with Crippen molar-refractivity contribution in [3.8, 4) is 28.8 Å². The molecule has 2 fully saturated rings. The van der Waals surface area contributed by atoms with E-state index in [2.05, 4.69) is 15.3 Å². The van der Waals surface area contributed by atoms with Gasteiger partial charge in [-0.2, -0.15) is 10.4 Å². The summed E-state index contributed by atoms with van der Waals surface area (Å²) in [7, 11) is 0. The third-order valence-corrected chi connectivity index (χ3v) is 7.15. The molecule has 1 saturated heterocycles. The third kappa shape index (κ3) is 5.03. The topological polar surface area (TPSA) is 135 Å². The van der Waals surface area contributed by atoms with Gasteiger partial charge in [0.05, 0.1) is 18.0 Å². The van der Waals surface area contributed by atoms with Crippen molar-refractivity contribution < 1.29 is 13.9 Å². The highest BCUT2D eigenvalue weighted by Crippen LogP contribution is 2.35. The van der Waals surface area contributed by atoms with Gasteiger partial charge in [0.2, 0.25) is 0 Å². The average molecular weight is 539 g/mol. The lowest BCUT2D eigenvalue weighted by Gasteiger charge is -2.24. The van der Waals surface area contributed by atoms with Crippen molar-refractivity contribution >= 4 is 22.8 Å². The maximum absolute atomic E-state index is 15.4. The molecule has 2 aromatic heterocycles. The van der Waals surface area contributed by atoms with Crippen LogP contribution in [0.4, 0.5) is 10.2 Å². The number of halogens is 1. The molecule has 3 N–H and O–H groups in total. The number of aromatic nitrogens is 4. The van der Waals surface area contributed by atoms with Crippen LogP contribution in [-0.2, 0) is 11.3 Å². The van der Waals surface area contributed by atoms with Gasteiger partial charge in [0.15, 0.2) is 5.65 Å².